The molecule has 0 aliphatic rings. The third-order valence-electron chi connectivity index (χ3n) is 16.2. The summed E-state index contributed by atoms with van der Waals surface area (Å²) in [6, 6.07) is -0.551. The zero-order chi connectivity index (χ0) is 55.7. The van der Waals surface area contributed by atoms with Gasteiger partial charge in [0.05, 0.1) is 25.4 Å². The second-order valence-corrected chi connectivity index (χ2v) is 23.9. The van der Waals surface area contributed by atoms with Gasteiger partial charge in [-0.05, 0) is 83.5 Å². The van der Waals surface area contributed by atoms with Crippen molar-refractivity contribution < 1.29 is 24.5 Å². The number of ether oxygens (including phenoxy) is 1. The summed E-state index contributed by atoms with van der Waals surface area (Å²) in [7, 11) is 0. The Hall–Kier alpha value is -1.92. The van der Waals surface area contributed by atoms with Crippen molar-refractivity contribution in [3.63, 3.8) is 0 Å². The average Bonchev–Trinajstić information content (AvgIpc) is 3.43. The van der Waals surface area contributed by atoms with Crippen LogP contribution >= 0.6 is 0 Å². The second kappa shape index (κ2) is 66.6. The van der Waals surface area contributed by atoms with Crippen LogP contribution in [0.5, 0.6) is 0 Å². The Bertz CT molecular complexity index is 1250. The van der Waals surface area contributed by atoms with Gasteiger partial charge in [0.15, 0.2) is 0 Å². The number of nitrogens with one attached hydrogen (secondary N) is 1. The molecule has 77 heavy (non-hydrogen) atoms. The third-order valence-corrected chi connectivity index (χ3v) is 16.2. The van der Waals surface area contributed by atoms with Gasteiger partial charge in [-0.25, -0.2) is 0 Å². The minimum atomic E-state index is -0.673. The molecule has 0 bridgehead atoms. The smallest absolute Gasteiger partial charge is 0.305 e. The summed E-state index contributed by atoms with van der Waals surface area (Å²) in [5, 5.41) is 23.4. The van der Waals surface area contributed by atoms with E-state index in [9.17, 15) is 19.8 Å². The Morgan fingerprint density at radius 1 is 0.364 bits per heavy atom. The fourth-order valence-electron chi connectivity index (χ4n) is 10.8. The zero-order valence-corrected chi connectivity index (χ0v) is 52.0. The lowest BCUT2D eigenvalue weighted by Crippen LogP contribution is -2.45. The molecule has 3 N–H and O–H groups in total. The minimum Gasteiger partial charge on any atom is -0.466 e. The van der Waals surface area contributed by atoms with Crippen molar-refractivity contribution in [3.8, 4) is 0 Å². The maximum Gasteiger partial charge on any atom is 0.305 e. The van der Waals surface area contributed by atoms with Crippen LogP contribution in [0.25, 0.3) is 0 Å². The first-order chi connectivity index (χ1) is 38.0. The molecule has 0 saturated heterocycles. The van der Waals surface area contributed by atoms with E-state index in [2.05, 4.69) is 55.6 Å². The molecule has 454 valence electrons. The molecule has 0 radical (unpaired) electrons. The van der Waals surface area contributed by atoms with E-state index < -0.39 is 12.1 Å². The number of carbonyl (C=O) groups is 2. The van der Waals surface area contributed by atoms with E-state index >= 15 is 0 Å². The van der Waals surface area contributed by atoms with Gasteiger partial charge in [0, 0.05) is 12.8 Å². The van der Waals surface area contributed by atoms with Crippen LogP contribution in [-0.2, 0) is 14.3 Å². The number of carbonyl (C=O) groups excluding carboxylic acids is 2. The van der Waals surface area contributed by atoms with E-state index in [1.54, 1.807) is 0 Å². The Balaban J connectivity index is 3.45. The highest BCUT2D eigenvalue weighted by molar-refractivity contribution is 5.76. The summed E-state index contributed by atoms with van der Waals surface area (Å²) in [5.41, 5.74) is 0. The van der Waals surface area contributed by atoms with Crippen LogP contribution in [0.15, 0.2) is 36.5 Å². The molecule has 0 aromatic carbocycles. The van der Waals surface area contributed by atoms with Crippen LogP contribution in [0.2, 0.25) is 0 Å². The summed E-state index contributed by atoms with van der Waals surface area (Å²) in [6.07, 6.45) is 84.7. The number of aliphatic hydroxyl groups excluding tert-OH is 2. The van der Waals surface area contributed by atoms with Gasteiger partial charge in [0.25, 0.3) is 0 Å². The summed E-state index contributed by atoms with van der Waals surface area (Å²) >= 11 is 0. The zero-order valence-electron chi connectivity index (χ0n) is 52.0. The van der Waals surface area contributed by atoms with E-state index in [0.717, 1.165) is 57.8 Å². The molecule has 1 amide bonds. The van der Waals surface area contributed by atoms with Crippen molar-refractivity contribution >= 4 is 11.9 Å². The summed E-state index contributed by atoms with van der Waals surface area (Å²) in [4.78, 5) is 24.6. The van der Waals surface area contributed by atoms with Gasteiger partial charge < -0.3 is 20.3 Å². The first kappa shape index (κ1) is 75.1. The first-order valence-corrected chi connectivity index (χ1v) is 34.7. The lowest BCUT2D eigenvalue weighted by atomic mass is 10.0. The van der Waals surface area contributed by atoms with Crippen LogP contribution in [0, 0.1) is 0 Å². The fourth-order valence-corrected chi connectivity index (χ4v) is 10.8. The molecule has 0 spiro atoms. The lowest BCUT2D eigenvalue weighted by Gasteiger charge is -2.22. The number of amides is 1. The third kappa shape index (κ3) is 63.1. The highest BCUT2D eigenvalue weighted by atomic mass is 16.5. The fraction of sp³-hybridized carbons (Fsp3) is 0.887. The number of rotatable bonds is 65. The molecular weight excluding hydrogens is 947 g/mol. The monoisotopic (exact) mass is 1080 g/mol. The molecule has 2 atom stereocenters. The number of allylic oxidation sites excluding steroid dienone is 6. The van der Waals surface area contributed by atoms with Crippen molar-refractivity contribution in [2.75, 3.05) is 13.2 Å². The van der Waals surface area contributed by atoms with Gasteiger partial charge in [0.2, 0.25) is 5.91 Å². The Morgan fingerprint density at radius 2 is 0.649 bits per heavy atom. The minimum absolute atomic E-state index is 0.00169. The van der Waals surface area contributed by atoms with E-state index in [-0.39, 0.29) is 18.5 Å². The predicted molar refractivity (Wildman–Crippen MR) is 338 cm³/mol. The quantitative estimate of drug-likeness (QED) is 0.0320. The summed E-state index contributed by atoms with van der Waals surface area (Å²) in [6.45, 7) is 4.96. The average molecular weight is 1080 g/mol. The highest BCUT2D eigenvalue weighted by Gasteiger charge is 2.20. The van der Waals surface area contributed by atoms with Gasteiger partial charge in [-0.2, -0.15) is 0 Å². The van der Waals surface area contributed by atoms with E-state index in [1.807, 2.05) is 0 Å². The summed E-state index contributed by atoms with van der Waals surface area (Å²) < 4.78 is 5.47. The number of unbranched alkanes of at least 4 members (excludes halogenated alkanes) is 48. The maximum atomic E-state index is 12.5. The van der Waals surface area contributed by atoms with Crippen LogP contribution in [0.4, 0.5) is 0 Å². The molecule has 0 heterocycles. The SMILES string of the molecule is CCCCCC/C=C\CCCCCCCC(=O)OCCCCCCCCCCC/C=C\C/C=C\CCCCCCCCCC(=O)NC(CO)C(O)CCCCCCCCCCCCCCCCCCCCCCCCCC. The van der Waals surface area contributed by atoms with Gasteiger partial charge in [-0.15, -0.1) is 0 Å². The highest BCUT2D eigenvalue weighted by Crippen LogP contribution is 2.18. The van der Waals surface area contributed by atoms with E-state index in [0.29, 0.717) is 25.9 Å². The van der Waals surface area contributed by atoms with Gasteiger partial charge >= 0.3 is 5.97 Å². The molecule has 0 fully saturated rings. The van der Waals surface area contributed by atoms with E-state index in [1.165, 1.54) is 289 Å². The molecule has 6 heteroatoms. The van der Waals surface area contributed by atoms with Gasteiger partial charge in [-0.1, -0.05) is 320 Å². The van der Waals surface area contributed by atoms with Crippen LogP contribution in [0.3, 0.4) is 0 Å². The molecule has 0 rings (SSSR count). The van der Waals surface area contributed by atoms with E-state index in [4.69, 9.17) is 4.74 Å². The molecule has 0 aromatic heterocycles. The first-order valence-electron chi connectivity index (χ1n) is 34.7. The molecule has 2 unspecified atom stereocenters. The molecule has 0 aliphatic heterocycles. The second-order valence-electron chi connectivity index (χ2n) is 23.9. The van der Waals surface area contributed by atoms with Crippen LogP contribution in [-0.4, -0.2) is 47.4 Å². The topological polar surface area (TPSA) is 95.9 Å². The Morgan fingerprint density at radius 3 is 1.01 bits per heavy atom. The molecular formula is C71H135NO5. The Kier molecular flexibility index (Phi) is 64.9. The number of hydrogen-bond acceptors (Lipinski definition) is 5. The van der Waals surface area contributed by atoms with Crippen molar-refractivity contribution in [1.82, 2.24) is 5.32 Å². The molecule has 6 nitrogen and oxygen atoms in total. The van der Waals surface area contributed by atoms with Crippen LogP contribution in [0.1, 0.15) is 380 Å². The number of hydrogen-bond donors (Lipinski definition) is 3. The molecule has 0 aromatic rings. The van der Waals surface area contributed by atoms with Crippen molar-refractivity contribution in [2.45, 2.75) is 392 Å². The molecule has 0 saturated carbocycles. The normalized spacial score (nSPS) is 12.7. The van der Waals surface area contributed by atoms with Gasteiger partial charge in [0.1, 0.15) is 0 Å². The predicted octanol–water partition coefficient (Wildman–Crippen LogP) is 22.3. The standard InChI is InChI=1S/C71H135NO5/c1-3-5-7-9-11-13-15-17-18-19-20-21-22-24-27-30-33-36-40-43-47-51-55-59-63-69(74)68(67-73)72-70(75)64-60-56-52-48-44-41-37-34-31-28-25-23-26-29-32-35-38-42-46-50-54-58-62-66-77-71(76)65-61-57-53-49-45-39-16-14-12-10-8-6-4-2/h14,16,23,26,28,31,68-69,73-74H,3-13,15,17-22,24-25,27,29-30,32-67H2,1-2H3,(H,72,75)/b16-14-,26-23-,31-28-. The van der Waals surface area contributed by atoms with Crippen LogP contribution < -0.4 is 5.32 Å². The number of esters is 1. The Labute approximate surface area is 481 Å². The largest absolute Gasteiger partial charge is 0.466 e. The van der Waals surface area contributed by atoms with Gasteiger partial charge in [-0.3, -0.25) is 9.59 Å². The van der Waals surface area contributed by atoms with Crippen molar-refractivity contribution in [2.24, 2.45) is 0 Å². The van der Waals surface area contributed by atoms with Crippen molar-refractivity contribution in [1.29, 1.82) is 0 Å². The maximum absolute atomic E-state index is 12.5. The number of aliphatic hydroxyl groups is 2. The summed E-state index contributed by atoms with van der Waals surface area (Å²) in [5.74, 6) is -0.0432. The van der Waals surface area contributed by atoms with Crippen molar-refractivity contribution in [3.05, 3.63) is 36.5 Å². The lowest BCUT2D eigenvalue weighted by molar-refractivity contribution is -0.143. The molecule has 0 aliphatic carbocycles.